The largest absolute Gasteiger partial charge is 0.497 e. The predicted octanol–water partition coefficient (Wildman–Crippen LogP) is 2.73. The Hall–Kier alpha value is -3.44. The number of carbonyl (C=O) groups excluding carboxylic acids is 1. The summed E-state index contributed by atoms with van der Waals surface area (Å²) in [4.78, 5) is 13.5. The number of sulfonamides is 1. The number of amides is 1. The van der Waals surface area contributed by atoms with Gasteiger partial charge in [0, 0.05) is 20.5 Å². The standard InChI is InChI=1S/C23H27N5O5S/c1-15-23(34(30,31)26(3)4)16(2)27(24-15)14-22(29)28-20(21-7-6-12-33-21)13-19(25-28)17-8-10-18(32-5)11-9-17/h6-12,20H,13-14H2,1-5H3/t20-/m0/s1. The predicted molar refractivity (Wildman–Crippen MR) is 125 cm³/mol. The van der Waals surface area contributed by atoms with Gasteiger partial charge in [-0.3, -0.25) is 9.48 Å². The Morgan fingerprint density at radius 1 is 1.21 bits per heavy atom. The average Bonchev–Trinajstić information content (AvgIpc) is 3.53. The van der Waals surface area contributed by atoms with Crippen LogP contribution in [-0.2, 0) is 21.4 Å². The summed E-state index contributed by atoms with van der Waals surface area (Å²) in [5.41, 5.74) is 2.35. The zero-order valence-corrected chi connectivity index (χ0v) is 20.5. The van der Waals surface area contributed by atoms with Gasteiger partial charge >= 0.3 is 0 Å². The highest BCUT2D eigenvalue weighted by Crippen LogP contribution is 2.34. The summed E-state index contributed by atoms with van der Waals surface area (Å²) in [6.45, 7) is 3.10. The minimum atomic E-state index is -3.70. The number of hydrogen-bond donors (Lipinski definition) is 0. The van der Waals surface area contributed by atoms with E-state index in [1.54, 1.807) is 33.3 Å². The third kappa shape index (κ3) is 4.24. The zero-order chi connectivity index (χ0) is 24.6. The van der Waals surface area contributed by atoms with E-state index >= 15 is 0 Å². The van der Waals surface area contributed by atoms with Crippen LogP contribution in [0.5, 0.6) is 5.75 Å². The van der Waals surface area contributed by atoms with Gasteiger partial charge in [0.05, 0.1) is 30.5 Å². The molecular weight excluding hydrogens is 458 g/mol. The summed E-state index contributed by atoms with van der Waals surface area (Å²) in [6.07, 6.45) is 2.03. The summed E-state index contributed by atoms with van der Waals surface area (Å²) in [5, 5.41) is 10.3. The molecule has 0 saturated carbocycles. The van der Waals surface area contributed by atoms with Crippen molar-refractivity contribution < 1.29 is 22.4 Å². The van der Waals surface area contributed by atoms with Crippen LogP contribution in [-0.4, -0.2) is 60.3 Å². The number of hydrogen-bond acceptors (Lipinski definition) is 7. The average molecular weight is 486 g/mol. The van der Waals surface area contributed by atoms with Crippen molar-refractivity contribution in [3.05, 3.63) is 65.4 Å². The molecule has 0 bridgehead atoms. The normalized spacial score (nSPS) is 16.2. The molecule has 0 spiro atoms. The Morgan fingerprint density at radius 3 is 2.50 bits per heavy atom. The number of methoxy groups -OCH3 is 1. The highest BCUT2D eigenvalue weighted by molar-refractivity contribution is 7.89. The van der Waals surface area contributed by atoms with Crippen LogP contribution >= 0.6 is 0 Å². The first kappa shape index (κ1) is 23.7. The van der Waals surface area contributed by atoms with Crippen LogP contribution in [0.25, 0.3) is 0 Å². The molecule has 1 aromatic carbocycles. The van der Waals surface area contributed by atoms with Gasteiger partial charge in [0.25, 0.3) is 5.91 Å². The van der Waals surface area contributed by atoms with Crippen molar-refractivity contribution in [2.24, 2.45) is 5.10 Å². The van der Waals surface area contributed by atoms with Crippen LogP contribution in [0.4, 0.5) is 0 Å². The van der Waals surface area contributed by atoms with Gasteiger partial charge in [-0.15, -0.1) is 0 Å². The van der Waals surface area contributed by atoms with E-state index in [-0.39, 0.29) is 17.3 Å². The van der Waals surface area contributed by atoms with E-state index in [1.165, 1.54) is 23.8 Å². The van der Waals surface area contributed by atoms with E-state index in [4.69, 9.17) is 9.15 Å². The molecule has 1 amide bonds. The van der Waals surface area contributed by atoms with Crippen LogP contribution in [0, 0.1) is 13.8 Å². The fourth-order valence-corrected chi connectivity index (χ4v) is 5.25. The first-order valence-electron chi connectivity index (χ1n) is 10.7. The van der Waals surface area contributed by atoms with E-state index in [0.29, 0.717) is 23.6 Å². The molecule has 0 saturated heterocycles. The minimum Gasteiger partial charge on any atom is -0.497 e. The second-order valence-electron chi connectivity index (χ2n) is 8.19. The van der Waals surface area contributed by atoms with Crippen molar-refractivity contribution in [2.75, 3.05) is 21.2 Å². The van der Waals surface area contributed by atoms with Crippen LogP contribution in [0.2, 0.25) is 0 Å². The zero-order valence-electron chi connectivity index (χ0n) is 19.7. The summed E-state index contributed by atoms with van der Waals surface area (Å²) in [5.74, 6) is 1.01. The number of ether oxygens (including phenoxy) is 1. The van der Waals surface area contributed by atoms with Crippen molar-refractivity contribution in [3.63, 3.8) is 0 Å². The molecule has 4 rings (SSSR count). The summed E-state index contributed by atoms with van der Waals surface area (Å²) < 4.78 is 38.8. The maximum atomic E-state index is 13.4. The molecule has 2 aromatic heterocycles. The quantitative estimate of drug-likeness (QED) is 0.509. The Balaban J connectivity index is 1.65. The van der Waals surface area contributed by atoms with Crippen LogP contribution in [0.3, 0.4) is 0 Å². The van der Waals surface area contributed by atoms with Crippen molar-refractivity contribution >= 4 is 21.6 Å². The molecule has 0 aliphatic carbocycles. The fourth-order valence-electron chi connectivity index (χ4n) is 3.99. The van der Waals surface area contributed by atoms with E-state index in [9.17, 15) is 13.2 Å². The minimum absolute atomic E-state index is 0.108. The number of hydrazone groups is 1. The number of nitrogens with zero attached hydrogens (tertiary/aromatic N) is 5. The van der Waals surface area contributed by atoms with Gasteiger partial charge in [0.15, 0.2) is 0 Å². The smallest absolute Gasteiger partial charge is 0.265 e. The molecule has 1 aliphatic heterocycles. The summed E-state index contributed by atoms with van der Waals surface area (Å²) in [7, 11) is 0.829. The van der Waals surface area contributed by atoms with Gasteiger partial charge < -0.3 is 9.15 Å². The molecule has 0 fully saturated rings. The molecule has 11 heteroatoms. The number of carbonyl (C=O) groups is 1. The monoisotopic (exact) mass is 485 g/mol. The lowest BCUT2D eigenvalue weighted by atomic mass is 10.0. The van der Waals surface area contributed by atoms with Gasteiger partial charge in [0.2, 0.25) is 10.0 Å². The molecule has 10 nitrogen and oxygen atoms in total. The SMILES string of the molecule is COc1ccc(C2=NN(C(=O)Cn3nc(C)c(S(=O)(=O)N(C)C)c3C)[C@H](c3ccco3)C2)cc1. The Labute approximate surface area is 198 Å². The Morgan fingerprint density at radius 2 is 1.91 bits per heavy atom. The van der Waals surface area contributed by atoms with E-state index in [0.717, 1.165) is 21.3 Å². The van der Waals surface area contributed by atoms with E-state index in [2.05, 4.69) is 10.2 Å². The topological polar surface area (TPSA) is 110 Å². The highest BCUT2D eigenvalue weighted by atomic mass is 32.2. The molecule has 0 N–H and O–H groups in total. The maximum absolute atomic E-state index is 13.4. The van der Waals surface area contributed by atoms with Crippen molar-refractivity contribution in [2.45, 2.75) is 37.8 Å². The van der Waals surface area contributed by atoms with Crippen LogP contribution in [0.15, 0.2) is 57.1 Å². The van der Waals surface area contributed by atoms with Crippen LogP contribution in [0.1, 0.15) is 35.2 Å². The third-order valence-corrected chi connectivity index (χ3v) is 7.87. The molecule has 0 radical (unpaired) electrons. The second-order valence-corrected chi connectivity index (χ2v) is 10.3. The van der Waals surface area contributed by atoms with Crippen LogP contribution < -0.4 is 4.74 Å². The van der Waals surface area contributed by atoms with Gasteiger partial charge in [-0.05, 0) is 55.8 Å². The molecule has 0 unspecified atom stereocenters. The molecule has 1 aliphatic rings. The van der Waals surface area contributed by atoms with Crippen molar-refractivity contribution in [1.29, 1.82) is 0 Å². The lowest BCUT2D eigenvalue weighted by Gasteiger charge is -2.20. The van der Waals surface area contributed by atoms with Crippen molar-refractivity contribution in [3.8, 4) is 5.75 Å². The highest BCUT2D eigenvalue weighted by Gasteiger charge is 2.36. The number of furan rings is 1. The molecule has 1 atom stereocenters. The first-order chi connectivity index (χ1) is 16.1. The fraction of sp³-hybridized carbons (Fsp3) is 0.348. The number of aryl methyl sites for hydroxylation is 1. The molecule has 3 heterocycles. The Bertz CT molecular complexity index is 1320. The number of rotatable bonds is 7. The number of benzene rings is 1. The first-order valence-corrected chi connectivity index (χ1v) is 12.1. The van der Waals surface area contributed by atoms with Gasteiger partial charge in [-0.25, -0.2) is 17.7 Å². The molecule has 3 aromatic rings. The second kappa shape index (κ2) is 9.07. The maximum Gasteiger partial charge on any atom is 0.265 e. The molecule has 34 heavy (non-hydrogen) atoms. The summed E-state index contributed by atoms with van der Waals surface area (Å²) >= 11 is 0. The molecular formula is C23H27N5O5S. The van der Waals surface area contributed by atoms with Gasteiger partial charge in [-0.2, -0.15) is 10.2 Å². The van der Waals surface area contributed by atoms with Crippen molar-refractivity contribution in [1.82, 2.24) is 19.1 Å². The van der Waals surface area contributed by atoms with E-state index in [1.807, 2.05) is 30.3 Å². The van der Waals surface area contributed by atoms with Gasteiger partial charge in [-0.1, -0.05) is 0 Å². The van der Waals surface area contributed by atoms with Gasteiger partial charge in [0.1, 0.15) is 29.0 Å². The van der Waals surface area contributed by atoms with E-state index < -0.39 is 16.1 Å². The number of aromatic nitrogens is 2. The molecule has 180 valence electrons. The lowest BCUT2D eigenvalue weighted by molar-refractivity contribution is -0.134. The third-order valence-electron chi connectivity index (χ3n) is 5.80. The lowest BCUT2D eigenvalue weighted by Crippen LogP contribution is -2.31. The summed E-state index contributed by atoms with van der Waals surface area (Å²) in [6, 6.07) is 10.6. The Kier molecular flexibility index (Phi) is 6.32.